The Hall–Kier alpha value is -3.16. The first-order valence-corrected chi connectivity index (χ1v) is 38.2. The minimum absolute atomic E-state index is 0. The van der Waals surface area contributed by atoms with Crippen molar-refractivity contribution in [3.63, 3.8) is 0 Å². The predicted octanol–water partition coefficient (Wildman–Crippen LogP) is 31.8. The maximum atomic E-state index is 11.9. The zero-order chi connectivity index (χ0) is 68.6. The highest BCUT2D eigenvalue weighted by Crippen LogP contribution is 2.40. The number of pyridine rings is 4. The molecule has 10 aromatic rings. The highest BCUT2D eigenvalue weighted by Gasteiger charge is 2.17. The smallest absolute Gasteiger partial charge is 0.251 e. The van der Waals surface area contributed by atoms with Gasteiger partial charge in [0.1, 0.15) is 11.0 Å². The van der Waals surface area contributed by atoms with E-state index in [9.17, 15) is 4.79 Å². The van der Waals surface area contributed by atoms with Crippen molar-refractivity contribution >= 4 is 201 Å². The molecule has 10 rings (SSSR count). The number of hydrogen-bond donors (Lipinski definition) is 1. The number of benzene rings is 5. The van der Waals surface area contributed by atoms with Crippen LogP contribution in [-0.4, -0.2) is 55.0 Å². The van der Waals surface area contributed by atoms with Gasteiger partial charge < -0.3 is 10.3 Å². The Bertz CT molecular complexity index is 3840. The number of rotatable bonds is 11. The average molecular weight is 1640 g/mol. The zero-order valence-electron chi connectivity index (χ0n) is 55.0. The Balaban J connectivity index is -0.000000348. The number of anilines is 1. The van der Waals surface area contributed by atoms with Crippen LogP contribution in [0.1, 0.15) is 182 Å². The quantitative estimate of drug-likeness (QED) is 0.0986. The summed E-state index contributed by atoms with van der Waals surface area (Å²) in [6.45, 7) is 34.5. The Kier molecular flexibility index (Phi) is 54.8. The molecule has 5 aromatic carbocycles. The summed E-state index contributed by atoms with van der Waals surface area (Å²) in [6, 6.07) is 41.6. The van der Waals surface area contributed by atoms with Crippen molar-refractivity contribution in [1.82, 2.24) is 24.5 Å². The first-order valence-electron chi connectivity index (χ1n) is 29.5. The summed E-state index contributed by atoms with van der Waals surface area (Å²) in [5, 5.41) is 8.67. The molecule has 0 aliphatic rings. The predicted molar refractivity (Wildman–Crippen MR) is 475 cm³/mol. The van der Waals surface area contributed by atoms with Crippen LogP contribution in [0.25, 0.3) is 32.0 Å². The van der Waals surface area contributed by atoms with Gasteiger partial charge in [0, 0.05) is 102 Å². The molecule has 0 bridgehead atoms. The molecule has 0 spiro atoms. The second-order valence-corrected chi connectivity index (χ2v) is 37.3. The van der Waals surface area contributed by atoms with Gasteiger partial charge in [0.2, 0.25) is 0 Å². The molecule has 0 atom stereocenters. The van der Waals surface area contributed by atoms with E-state index in [1.807, 2.05) is 103 Å². The maximum Gasteiger partial charge on any atom is 0.251 e. The standard InChI is InChI=1S/C14H17NOS.C13H15NS.C10H11NS2.C9H10Cl2S.C9H10Cl2.C8H9Cl2NS.C8H11ClN2S.8CH4/c1-14(2,3)17-12-9-13(16)15(4)11-8-6-5-7-10(11)12;1-13(2,3)15-12-8-9-14-11-7-5-4-6-10(11)12;1-7(2)13-9-5-3-4-8-10(9)12-6-11-8;1-6(2)12-8-5-3-4-7(10)9(8)11;1-6(2)7-4-3-5-8(10)9(7)11;2*1-5(2)12-6-3-4-11-8(10)7(6)9;;;;;;;;/h5-9H,1-4H3;4-9H,1-3H3;3-7H,1-2H3;3-6H,1-2H3;3-6H,1-2H3;3-5H,1-2H3;3-5H,1-2H3,(H2,10,11);8*1H4. The van der Waals surface area contributed by atoms with Crippen molar-refractivity contribution in [1.29, 1.82) is 0 Å². The largest absolute Gasteiger partial charge is 0.382 e. The fourth-order valence-corrected chi connectivity index (χ4v) is 16.2. The van der Waals surface area contributed by atoms with Gasteiger partial charge in [0.15, 0.2) is 0 Å². The van der Waals surface area contributed by atoms with Crippen molar-refractivity contribution in [2.45, 2.75) is 236 Å². The van der Waals surface area contributed by atoms with Crippen LogP contribution in [0.5, 0.6) is 0 Å². The van der Waals surface area contributed by atoms with Gasteiger partial charge in [-0.15, -0.1) is 81.9 Å². The molecule has 0 aliphatic carbocycles. The number of thiazole rings is 1. The maximum absolute atomic E-state index is 11.9. The van der Waals surface area contributed by atoms with Gasteiger partial charge in [-0.2, -0.15) is 0 Å². The summed E-state index contributed by atoms with van der Waals surface area (Å²) < 4.78 is 3.36. The summed E-state index contributed by atoms with van der Waals surface area (Å²) in [5.74, 6) is 0.837. The molecule has 5 aromatic heterocycles. The van der Waals surface area contributed by atoms with Gasteiger partial charge in [0.05, 0.1) is 56.9 Å². The molecule has 0 fully saturated rings. The minimum atomic E-state index is 0. The van der Waals surface area contributed by atoms with E-state index in [0.29, 0.717) is 68.0 Å². The van der Waals surface area contributed by atoms with Crippen LogP contribution in [0.2, 0.25) is 35.3 Å². The first-order chi connectivity index (χ1) is 43.2. The fraction of sp³-hybridized carbons (Fsp3) is 0.405. The van der Waals surface area contributed by atoms with E-state index in [-0.39, 0.29) is 74.5 Å². The van der Waals surface area contributed by atoms with E-state index in [2.05, 4.69) is 179 Å². The van der Waals surface area contributed by atoms with Gasteiger partial charge >= 0.3 is 0 Å². The lowest BCUT2D eigenvalue weighted by Gasteiger charge is -2.19. The molecule has 2 N–H and O–H groups in total. The second-order valence-electron chi connectivity index (χ2n) is 23.6. The van der Waals surface area contributed by atoms with E-state index >= 15 is 0 Å². The number of fused-ring (bicyclic) bond motifs is 3. The Labute approximate surface area is 670 Å². The molecule has 7 nitrogen and oxygen atoms in total. The molecule has 21 heteroatoms. The van der Waals surface area contributed by atoms with Crippen LogP contribution >= 0.6 is 163 Å². The molecule has 558 valence electrons. The summed E-state index contributed by atoms with van der Waals surface area (Å²) in [5.41, 5.74) is 11.8. The van der Waals surface area contributed by atoms with Crippen LogP contribution in [-0.2, 0) is 7.05 Å². The third-order valence-corrected chi connectivity index (χ3v) is 22.3. The van der Waals surface area contributed by atoms with Crippen molar-refractivity contribution in [3.8, 4) is 0 Å². The Morgan fingerprint density at radius 1 is 0.430 bits per heavy atom. The Morgan fingerprint density at radius 3 is 1.38 bits per heavy atom. The summed E-state index contributed by atoms with van der Waals surface area (Å²) in [4.78, 5) is 35.1. The van der Waals surface area contributed by atoms with Gasteiger partial charge in [0.25, 0.3) is 5.56 Å². The topological polar surface area (TPSA) is 99.6 Å². The molecule has 0 amide bonds. The van der Waals surface area contributed by atoms with Gasteiger partial charge in [-0.05, 0) is 72.1 Å². The number of aromatic nitrogens is 5. The lowest BCUT2D eigenvalue weighted by Crippen LogP contribution is -2.17. The highest BCUT2D eigenvalue weighted by atomic mass is 35.5. The summed E-state index contributed by atoms with van der Waals surface area (Å²) >= 11 is 53.6. The van der Waals surface area contributed by atoms with Crippen LogP contribution in [0.3, 0.4) is 0 Å². The lowest BCUT2D eigenvalue weighted by atomic mass is 10.0. The van der Waals surface area contributed by atoms with Crippen molar-refractivity contribution in [3.05, 3.63) is 203 Å². The molecule has 0 saturated heterocycles. The van der Waals surface area contributed by atoms with Crippen molar-refractivity contribution in [2.24, 2.45) is 7.05 Å². The zero-order valence-corrected chi connectivity index (χ0v) is 66.1. The van der Waals surface area contributed by atoms with Crippen LogP contribution in [0, 0.1) is 0 Å². The molecule has 0 radical (unpaired) electrons. The monoisotopic (exact) mass is 1630 g/mol. The normalized spacial score (nSPS) is 10.3. The number of hydrogen-bond acceptors (Lipinski definition) is 13. The van der Waals surface area contributed by atoms with Crippen molar-refractivity contribution in [2.75, 3.05) is 5.73 Å². The minimum Gasteiger partial charge on any atom is -0.382 e. The fourth-order valence-electron chi connectivity index (χ4n) is 7.82. The number of para-hydroxylation sites is 2. The molecular formula is C79H115Cl7N6OS7. The number of nitrogens with zero attached hydrogens (tertiary/aromatic N) is 5. The second kappa shape index (κ2) is 51.9. The van der Waals surface area contributed by atoms with E-state index in [1.54, 1.807) is 93.5 Å². The SMILES string of the molecule is C.C.C.C.C.C.C.C.CC(C)(C)Sc1ccnc2ccccc12.CC(C)Sc1cccc(Cl)c1Cl.CC(C)Sc1cccc2ncsc12.CC(C)Sc1ccnc(Cl)c1Cl.CC(C)Sc1ccnc(N)c1Cl.CC(C)c1cccc(Cl)c1Cl.Cn1c(=O)cc(SC(C)(C)C)c2ccccc21. The average Bonchev–Trinajstić information content (AvgIpc) is 0.954. The van der Waals surface area contributed by atoms with Gasteiger partial charge in [-0.3, -0.25) is 9.78 Å². The molecular weight excluding hydrogens is 1520 g/mol. The number of nitrogens with two attached hydrogens (primary N) is 1. The third kappa shape index (κ3) is 36.7. The molecule has 0 aliphatic heterocycles. The number of halogens is 7. The number of nitrogen functional groups attached to an aromatic ring is 1. The summed E-state index contributed by atoms with van der Waals surface area (Å²) in [6.07, 6.45) is 5.22. The van der Waals surface area contributed by atoms with Crippen molar-refractivity contribution < 1.29 is 0 Å². The Morgan fingerprint density at radius 2 is 0.850 bits per heavy atom. The number of thioether (sulfide) groups is 6. The molecule has 0 saturated carbocycles. The van der Waals surface area contributed by atoms with Gasteiger partial charge in [-0.1, -0.05) is 312 Å². The van der Waals surface area contributed by atoms with E-state index in [0.717, 1.165) is 47.1 Å². The van der Waals surface area contributed by atoms with E-state index in [1.165, 1.54) is 19.9 Å². The molecule has 0 unspecified atom stereocenters. The number of aryl methyl sites for hydroxylation is 1. The van der Waals surface area contributed by atoms with E-state index in [4.69, 9.17) is 86.9 Å². The third-order valence-electron chi connectivity index (χ3n) is 11.5. The highest BCUT2D eigenvalue weighted by molar-refractivity contribution is 8.01. The first kappa shape index (κ1) is 105. The van der Waals surface area contributed by atoms with Crippen LogP contribution in [0.4, 0.5) is 5.82 Å². The molecule has 5 heterocycles. The molecule has 100 heavy (non-hydrogen) atoms. The summed E-state index contributed by atoms with van der Waals surface area (Å²) in [7, 11) is 1.82. The van der Waals surface area contributed by atoms with E-state index < -0.39 is 0 Å². The lowest BCUT2D eigenvalue weighted by molar-refractivity contribution is 0.802. The van der Waals surface area contributed by atoms with Crippen LogP contribution < -0.4 is 11.3 Å². The van der Waals surface area contributed by atoms with Crippen LogP contribution in [0.15, 0.2) is 186 Å². The van der Waals surface area contributed by atoms with Gasteiger partial charge in [-0.25, -0.2) is 15.0 Å².